The minimum Gasteiger partial charge on any atom is -0.444 e. The van der Waals surface area contributed by atoms with Crippen molar-refractivity contribution in [3.63, 3.8) is 0 Å². The zero-order chi connectivity index (χ0) is 10.5. The van der Waals surface area contributed by atoms with E-state index >= 15 is 0 Å². The van der Waals surface area contributed by atoms with Crippen molar-refractivity contribution < 1.29 is 9.53 Å². The second-order valence-corrected chi connectivity index (χ2v) is 5.57. The van der Waals surface area contributed by atoms with E-state index in [1.54, 1.807) is 0 Å². The summed E-state index contributed by atoms with van der Waals surface area (Å²) in [7, 11) is 0. The highest BCUT2D eigenvalue weighted by Gasteiger charge is 2.54. The molecule has 0 aromatic carbocycles. The van der Waals surface area contributed by atoms with Crippen LogP contribution in [0, 0.1) is 17.8 Å². The summed E-state index contributed by atoms with van der Waals surface area (Å²) in [5.74, 6) is 2.33. The number of carbonyl (C=O) groups excluding carboxylic acids is 1. The zero-order valence-electron chi connectivity index (χ0n) is 9.41. The SMILES string of the molecule is CC1C2CN(C(=O)OC(C)(C)C)CC12. The van der Waals surface area contributed by atoms with Gasteiger partial charge in [-0.3, -0.25) is 0 Å². The molecule has 2 atom stereocenters. The lowest BCUT2D eigenvalue weighted by molar-refractivity contribution is 0.0267. The van der Waals surface area contributed by atoms with E-state index in [1.807, 2.05) is 25.7 Å². The molecule has 1 heterocycles. The molecule has 2 fully saturated rings. The molecule has 2 unspecified atom stereocenters. The number of rotatable bonds is 0. The van der Waals surface area contributed by atoms with E-state index < -0.39 is 0 Å². The molecular weight excluding hydrogens is 178 g/mol. The van der Waals surface area contributed by atoms with Gasteiger partial charge in [0.15, 0.2) is 0 Å². The molecule has 2 rings (SSSR count). The van der Waals surface area contributed by atoms with Crippen LogP contribution in [0.3, 0.4) is 0 Å². The van der Waals surface area contributed by atoms with E-state index in [-0.39, 0.29) is 11.7 Å². The number of amides is 1. The molecule has 0 bridgehead atoms. The highest BCUT2D eigenvalue weighted by molar-refractivity contribution is 5.68. The highest BCUT2D eigenvalue weighted by atomic mass is 16.6. The fourth-order valence-electron chi connectivity index (χ4n) is 2.30. The normalized spacial score (nSPS) is 35.4. The first-order chi connectivity index (χ1) is 6.38. The Morgan fingerprint density at radius 1 is 1.29 bits per heavy atom. The van der Waals surface area contributed by atoms with Crippen molar-refractivity contribution in [1.29, 1.82) is 0 Å². The van der Waals surface area contributed by atoms with Gasteiger partial charge in [-0.1, -0.05) is 6.92 Å². The Morgan fingerprint density at radius 3 is 2.21 bits per heavy atom. The predicted molar refractivity (Wildman–Crippen MR) is 54.0 cm³/mol. The molecule has 3 heteroatoms. The molecule has 0 aromatic heterocycles. The molecule has 14 heavy (non-hydrogen) atoms. The van der Waals surface area contributed by atoms with Crippen LogP contribution in [0.4, 0.5) is 4.79 Å². The first kappa shape index (κ1) is 9.81. The smallest absolute Gasteiger partial charge is 0.410 e. The van der Waals surface area contributed by atoms with E-state index in [2.05, 4.69) is 6.92 Å². The van der Waals surface area contributed by atoms with Crippen LogP contribution in [0.25, 0.3) is 0 Å². The second kappa shape index (κ2) is 2.88. The summed E-state index contributed by atoms with van der Waals surface area (Å²) in [6.45, 7) is 9.79. The van der Waals surface area contributed by atoms with E-state index in [0.29, 0.717) is 0 Å². The van der Waals surface area contributed by atoms with Gasteiger partial charge in [-0.05, 0) is 38.5 Å². The van der Waals surface area contributed by atoms with Gasteiger partial charge in [0, 0.05) is 13.1 Å². The number of ether oxygens (including phenoxy) is 1. The Balaban J connectivity index is 1.84. The van der Waals surface area contributed by atoms with E-state index in [0.717, 1.165) is 30.8 Å². The highest BCUT2D eigenvalue weighted by Crippen LogP contribution is 2.51. The maximum atomic E-state index is 11.6. The maximum Gasteiger partial charge on any atom is 0.410 e. The van der Waals surface area contributed by atoms with Gasteiger partial charge >= 0.3 is 6.09 Å². The lowest BCUT2D eigenvalue weighted by Gasteiger charge is -2.25. The summed E-state index contributed by atoms with van der Waals surface area (Å²) in [5.41, 5.74) is -0.366. The van der Waals surface area contributed by atoms with Gasteiger partial charge < -0.3 is 9.64 Å². The number of hydrogen-bond donors (Lipinski definition) is 0. The number of nitrogens with zero attached hydrogens (tertiary/aromatic N) is 1. The van der Waals surface area contributed by atoms with Gasteiger partial charge in [-0.25, -0.2) is 4.79 Å². The van der Waals surface area contributed by atoms with Crippen LogP contribution in [0.5, 0.6) is 0 Å². The minimum absolute atomic E-state index is 0.142. The predicted octanol–water partition coefficient (Wildman–Crippen LogP) is 2.12. The zero-order valence-corrected chi connectivity index (χ0v) is 9.41. The van der Waals surface area contributed by atoms with Crippen molar-refractivity contribution >= 4 is 6.09 Å². The molecular formula is C11H19NO2. The quantitative estimate of drug-likeness (QED) is 0.595. The van der Waals surface area contributed by atoms with Crippen molar-refractivity contribution in [2.45, 2.75) is 33.3 Å². The number of likely N-dealkylation sites (tertiary alicyclic amines) is 1. The fourth-order valence-corrected chi connectivity index (χ4v) is 2.30. The second-order valence-electron chi connectivity index (χ2n) is 5.57. The fraction of sp³-hybridized carbons (Fsp3) is 0.909. The van der Waals surface area contributed by atoms with E-state index in [1.165, 1.54) is 0 Å². The summed E-state index contributed by atoms with van der Waals surface area (Å²) in [5, 5.41) is 0. The monoisotopic (exact) mass is 197 g/mol. The third kappa shape index (κ3) is 1.72. The molecule has 0 N–H and O–H groups in total. The molecule has 3 nitrogen and oxygen atoms in total. The number of carbonyl (C=O) groups is 1. The van der Waals surface area contributed by atoms with Crippen molar-refractivity contribution in [1.82, 2.24) is 4.90 Å². The number of hydrogen-bond acceptors (Lipinski definition) is 2. The van der Waals surface area contributed by atoms with Crippen molar-refractivity contribution in [2.24, 2.45) is 17.8 Å². The third-order valence-corrected chi connectivity index (χ3v) is 3.27. The van der Waals surface area contributed by atoms with Crippen molar-refractivity contribution in [3.8, 4) is 0 Å². The molecule has 1 saturated carbocycles. The lowest BCUT2D eigenvalue weighted by atomic mass is 10.2. The molecule has 80 valence electrons. The average Bonchev–Trinajstić information content (AvgIpc) is 2.47. The molecule has 1 saturated heterocycles. The van der Waals surface area contributed by atoms with Crippen LogP contribution in [-0.2, 0) is 4.74 Å². The Morgan fingerprint density at radius 2 is 1.79 bits per heavy atom. The standard InChI is InChI=1S/C11H19NO2/c1-7-8-5-12(6-9(7)8)10(13)14-11(2,3)4/h7-9H,5-6H2,1-4H3. The Kier molecular flexibility index (Phi) is 2.02. The van der Waals surface area contributed by atoms with Crippen LogP contribution >= 0.6 is 0 Å². The first-order valence-corrected chi connectivity index (χ1v) is 5.36. The van der Waals surface area contributed by atoms with Crippen LogP contribution < -0.4 is 0 Å². The molecule has 1 amide bonds. The van der Waals surface area contributed by atoms with E-state index in [4.69, 9.17) is 4.74 Å². The average molecular weight is 197 g/mol. The molecule has 0 spiro atoms. The summed E-state index contributed by atoms with van der Waals surface area (Å²) in [6.07, 6.45) is -0.142. The largest absolute Gasteiger partial charge is 0.444 e. The van der Waals surface area contributed by atoms with Crippen LogP contribution in [0.15, 0.2) is 0 Å². The summed E-state index contributed by atoms with van der Waals surface area (Å²) in [4.78, 5) is 13.5. The third-order valence-electron chi connectivity index (χ3n) is 3.27. The van der Waals surface area contributed by atoms with Gasteiger partial charge in [0.2, 0.25) is 0 Å². The molecule has 1 aliphatic carbocycles. The van der Waals surface area contributed by atoms with Gasteiger partial charge in [-0.15, -0.1) is 0 Å². The molecule has 2 aliphatic rings. The first-order valence-electron chi connectivity index (χ1n) is 5.36. The van der Waals surface area contributed by atoms with Crippen molar-refractivity contribution in [2.75, 3.05) is 13.1 Å². The summed E-state index contributed by atoms with van der Waals surface area (Å²) >= 11 is 0. The van der Waals surface area contributed by atoms with Gasteiger partial charge in [0.1, 0.15) is 5.60 Å². The van der Waals surface area contributed by atoms with Crippen LogP contribution in [0.2, 0.25) is 0 Å². The molecule has 0 aromatic rings. The summed E-state index contributed by atoms with van der Waals surface area (Å²) < 4.78 is 5.31. The van der Waals surface area contributed by atoms with Crippen molar-refractivity contribution in [3.05, 3.63) is 0 Å². The van der Waals surface area contributed by atoms with E-state index in [9.17, 15) is 4.79 Å². The Hall–Kier alpha value is -0.730. The van der Waals surface area contributed by atoms with Gasteiger partial charge in [-0.2, -0.15) is 0 Å². The van der Waals surface area contributed by atoms with Gasteiger partial charge in [0.25, 0.3) is 0 Å². The molecule has 1 aliphatic heterocycles. The van der Waals surface area contributed by atoms with Gasteiger partial charge in [0.05, 0.1) is 0 Å². The Labute approximate surface area is 85.4 Å². The number of piperidine rings is 1. The lowest BCUT2D eigenvalue weighted by Crippen LogP contribution is -2.36. The minimum atomic E-state index is -0.366. The number of fused-ring (bicyclic) bond motifs is 1. The Bertz CT molecular complexity index is 245. The maximum absolute atomic E-state index is 11.6. The van der Waals surface area contributed by atoms with Crippen LogP contribution in [-0.4, -0.2) is 29.7 Å². The summed E-state index contributed by atoms with van der Waals surface area (Å²) in [6, 6.07) is 0. The topological polar surface area (TPSA) is 29.5 Å². The molecule has 0 radical (unpaired) electrons. The van der Waals surface area contributed by atoms with Crippen LogP contribution in [0.1, 0.15) is 27.7 Å².